The van der Waals surface area contributed by atoms with E-state index >= 15 is 0 Å². The molecule has 5 heteroatoms. The predicted molar refractivity (Wildman–Crippen MR) is 91.3 cm³/mol. The number of carbonyl (C=O) groups excluding carboxylic acids is 2. The summed E-state index contributed by atoms with van der Waals surface area (Å²) in [7, 11) is 0. The number of benzene rings is 1. The summed E-state index contributed by atoms with van der Waals surface area (Å²) in [6, 6.07) is 10.2. The molecule has 24 heavy (non-hydrogen) atoms. The predicted octanol–water partition coefficient (Wildman–Crippen LogP) is 1.52. The zero-order chi connectivity index (χ0) is 17.3. The highest BCUT2D eigenvalue weighted by Crippen LogP contribution is 2.31. The Kier molecular flexibility index (Phi) is 4.90. The Balaban J connectivity index is 1.56. The highest BCUT2D eigenvalue weighted by Gasteiger charge is 2.47. The molecule has 2 fully saturated rings. The number of hydrogen-bond donors (Lipinski definition) is 2. The van der Waals surface area contributed by atoms with Crippen LogP contribution in [0.4, 0.5) is 0 Å². The first-order chi connectivity index (χ1) is 11.5. The lowest BCUT2D eigenvalue weighted by atomic mass is 9.78. The largest absolute Gasteiger partial charge is 0.393 e. The van der Waals surface area contributed by atoms with E-state index in [1.54, 1.807) is 6.92 Å². The Morgan fingerprint density at radius 3 is 2.38 bits per heavy atom. The molecule has 0 saturated carbocycles. The van der Waals surface area contributed by atoms with Gasteiger partial charge in [-0.2, -0.15) is 0 Å². The van der Waals surface area contributed by atoms with Crippen LogP contribution in [0.1, 0.15) is 38.2 Å². The maximum Gasteiger partial charge on any atom is 0.228 e. The number of rotatable bonds is 4. The van der Waals surface area contributed by atoms with Crippen molar-refractivity contribution in [2.45, 2.75) is 44.8 Å². The van der Waals surface area contributed by atoms with Gasteiger partial charge in [-0.25, -0.2) is 0 Å². The van der Waals surface area contributed by atoms with Crippen LogP contribution in [0.3, 0.4) is 0 Å². The van der Waals surface area contributed by atoms with Crippen molar-refractivity contribution in [3.63, 3.8) is 0 Å². The van der Waals surface area contributed by atoms with Gasteiger partial charge in [0.05, 0.1) is 24.0 Å². The van der Waals surface area contributed by atoms with E-state index in [1.807, 2.05) is 17.9 Å². The van der Waals surface area contributed by atoms with Crippen molar-refractivity contribution >= 4 is 11.8 Å². The summed E-state index contributed by atoms with van der Waals surface area (Å²) in [5.74, 6) is -0.324. The van der Waals surface area contributed by atoms with E-state index in [0.29, 0.717) is 5.92 Å². The molecule has 130 valence electrons. The van der Waals surface area contributed by atoms with Crippen LogP contribution in [0.25, 0.3) is 0 Å². The Labute approximate surface area is 143 Å². The van der Waals surface area contributed by atoms with Crippen molar-refractivity contribution in [2.24, 2.45) is 11.8 Å². The summed E-state index contributed by atoms with van der Waals surface area (Å²) in [6.45, 7) is 4.97. The van der Waals surface area contributed by atoms with E-state index in [0.717, 1.165) is 25.9 Å². The quantitative estimate of drug-likeness (QED) is 0.823. The van der Waals surface area contributed by atoms with Crippen molar-refractivity contribution in [2.75, 3.05) is 13.1 Å². The molecule has 1 unspecified atom stereocenters. The molecule has 2 saturated heterocycles. The van der Waals surface area contributed by atoms with Crippen LogP contribution in [-0.4, -0.2) is 47.1 Å². The molecule has 2 amide bonds. The zero-order valence-electron chi connectivity index (χ0n) is 14.3. The van der Waals surface area contributed by atoms with E-state index in [-0.39, 0.29) is 23.8 Å². The molecule has 0 radical (unpaired) electrons. The highest BCUT2D eigenvalue weighted by atomic mass is 16.3. The second kappa shape index (κ2) is 6.93. The third-order valence-corrected chi connectivity index (χ3v) is 5.52. The summed E-state index contributed by atoms with van der Waals surface area (Å²) in [6.07, 6.45) is 1.22. The Morgan fingerprint density at radius 1 is 1.21 bits per heavy atom. The molecule has 2 aliphatic rings. The van der Waals surface area contributed by atoms with Gasteiger partial charge in [0.2, 0.25) is 11.8 Å². The van der Waals surface area contributed by atoms with Gasteiger partial charge in [-0.15, -0.1) is 0 Å². The second-order valence-corrected chi connectivity index (χ2v) is 7.10. The van der Waals surface area contributed by atoms with E-state index < -0.39 is 12.0 Å². The van der Waals surface area contributed by atoms with Crippen LogP contribution in [0.2, 0.25) is 0 Å². The molecule has 3 rings (SSSR count). The summed E-state index contributed by atoms with van der Waals surface area (Å²) in [5.41, 5.74) is 1.35. The Morgan fingerprint density at radius 2 is 1.83 bits per heavy atom. The molecule has 0 bridgehead atoms. The van der Waals surface area contributed by atoms with Gasteiger partial charge in [0.1, 0.15) is 0 Å². The molecule has 5 nitrogen and oxygen atoms in total. The smallest absolute Gasteiger partial charge is 0.228 e. The molecule has 2 N–H and O–H groups in total. The topological polar surface area (TPSA) is 69.6 Å². The first kappa shape index (κ1) is 17.0. The minimum atomic E-state index is -0.720. The fourth-order valence-electron chi connectivity index (χ4n) is 3.97. The second-order valence-electron chi connectivity index (χ2n) is 7.10. The van der Waals surface area contributed by atoms with Crippen LogP contribution in [-0.2, 0) is 9.59 Å². The highest BCUT2D eigenvalue weighted by molar-refractivity contribution is 5.90. The van der Waals surface area contributed by atoms with Gasteiger partial charge in [0, 0.05) is 13.1 Å². The van der Waals surface area contributed by atoms with Gasteiger partial charge >= 0.3 is 0 Å². The van der Waals surface area contributed by atoms with Gasteiger partial charge in [-0.05, 0) is 31.2 Å². The van der Waals surface area contributed by atoms with Gasteiger partial charge in [-0.1, -0.05) is 37.3 Å². The molecule has 1 aromatic carbocycles. The maximum absolute atomic E-state index is 12.7. The standard InChI is InChI=1S/C19H26N2O3/c1-12(17-16(13(2)22)18(23)20-17)19(24)21-10-8-15(9-11-21)14-6-4-3-5-7-14/h3-7,12-13,15-17,22H,8-11H2,1-2H3,(H,20,23)/t12?,13-,16-,17-/m1/s1. The fraction of sp³-hybridized carbons (Fsp3) is 0.579. The fourth-order valence-corrected chi connectivity index (χ4v) is 3.97. The van der Waals surface area contributed by atoms with Gasteiger partial charge < -0.3 is 15.3 Å². The number of nitrogens with one attached hydrogen (secondary N) is 1. The Bertz CT molecular complexity index is 594. The number of hydrogen-bond acceptors (Lipinski definition) is 3. The van der Waals surface area contributed by atoms with Crippen LogP contribution in [0, 0.1) is 11.8 Å². The molecule has 2 aliphatic heterocycles. The lowest BCUT2D eigenvalue weighted by molar-refractivity contribution is -0.148. The summed E-state index contributed by atoms with van der Waals surface area (Å²) < 4.78 is 0. The first-order valence-corrected chi connectivity index (χ1v) is 8.81. The number of nitrogens with zero attached hydrogens (tertiary/aromatic N) is 1. The molecule has 0 spiro atoms. The van der Waals surface area contributed by atoms with Crippen LogP contribution < -0.4 is 5.32 Å². The molecular weight excluding hydrogens is 304 g/mol. The first-order valence-electron chi connectivity index (χ1n) is 8.81. The molecule has 2 heterocycles. The minimum absolute atomic E-state index is 0.0807. The normalized spacial score (nSPS) is 27.1. The lowest BCUT2D eigenvalue weighted by Crippen LogP contribution is -2.66. The van der Waals surface area contributed by atoms with E-state index in [2.05, 4.69) is 29.6 Å². The zero-order valence-corrected chi connectivity index (χ0v) is 14.3. The minimum Gasteiger partial charge on any atom is -0.393 e. The van der Waals surface area contributed by atoms with Crippen LogP contribution >= 0.6 is 0 Å². The van der Waals surface area contributed by atoms with Crippen LogP contribution in [0.5, 0.6) is 0 Å². The average molecular weight is 330 g/mol. The summed E-state index contributed by atoms with van der Waals surface area (Å²) in [5, 5.41) is 12.5. The molecule has 4 atom stereocenters. The molecule has 0 aromatic heterocycles. The number of piperidine rings is 1. The number of aliphatic hydroxyl groups is 1. The monoisotopic (exact) mass is 330 g/mol. The van der Waals surface area contributed by atoms with Crippen LogP contribution in [0.15, 0.2) is 30.3 Å². The number of amides is 2. The number of carbonyl (C=O) groups is 2. The Hall–Kier alpha value is -1.88. The van der Waals surface area contributed by atoms with Crippen molar-refractivity contribution < 1.29 is 14.7 Å². The van der Waals surface area contributed by atoms with Crippen molar-refractivity contribution in [3.05, 3.63) is 35.9 Å². The molecule has 0 aliphatic carbocycles. The van der Waals surface area contributed by atoms with Crippen molar-refractivity contribution in [1.29, 1.82) is 0 Å². The summed E-state index contributed by atoms with van der Waals surface area (Å²) >= 11 is 0. The number of likely N-dealkylation sites (tertiary alicyclic amines) is 1. The molecular formula is C19H26N2O3. The number of aliphatic hydroxyl groups excluding tert-OH is 1. The van der Waals surface area contributed by atoms with E-state index in [4.69, 9.17) is 0 Å². The molecule has 1 aromatic rings. The lowest BCUT2D eigenvalue weighted by Gasteiger charge is -2.43. The van der Waals surface area contributed by atoms with Gasteiger partial charge in [-0.3, -0.25) is 9.59 Å². The number of β-lactam (4-membered cyclic amide) rings is 1. The average Bonchev–Trinajstić information content (AvgIpc) is 2.58. The van der Waals surface area contributed by atoms with Gasteiger partial charge in [0.25, 0.3) is 0 Å². The van der Waals surface area contributed by atoms with E-state index in [1.165, 1.54) is 5.56 Å². The SMILES string of the molecule is CC(C(=O)N1CCC(c2ccccc2)CC1)[C@H]1NC(=O)[C@@H]1[C@@H](C)O. The van der Waals surface area contributed by atoms with E-state index in [9.17, 15) is 14.7 Å². The van der Waals surface area contributed by atoms with Crippen molar-refractivity contribution in [3.8, 4) is 0 Å². The summed E-state index contributed by atoms with van der Waals surface area (Å²) in [4.78, 5) is 26.2. The maximum atomic E-state index is 12.7. The van der Waals surface area contributed by atoms with Crippen molar-refractivity contribution in [1.82, 2.24) is 10.2 Å². The third kappa shape index (κ3) is 3.18. The van der Waals surface area contributed by atoms with Gasteiger partial charge in [0.15, 0.2) is 0 Å². The third-order valence-electron chi connectivity index (χ3n) is 5.52.